The first kappa shape index (κ1) is 22.3. The van der Waals surface area contributed by atoms with Gasteiger partial charge in [-0.2, -0.15) is 5.10 Å². The lowest BCUT2D eigenvalue weighted by Gasteiger charge is -2.35. The fourth-order valence-corrected chi connectivity index (χ4v) is 4.18. The summed E-state index contributed by atoms with van der Waals surface area (Å²) in [6.07, 6.45) is 1.73. The van der Waals surface area contributed by atoms with Crippen molar-refractivity contribution in [2.45, 2.75) is 13.1 Å². The molecular weight excluding hydrogens is 477 g/mol. The molecule has 2 N–H and O–H groups in total. The minimum absolute atomic E-state index is 0.0522. The van der Waals surface area contributed by atoms with Gasteiger partial charge in [0, 0.05) is 67.8 Å². The van der Waals surface area contributed by atoms with Crippen molar-refractivity contribution in [2.75, 3.05) is 31.5 Å². The number of phenols is 1. The largest absolute Gasteiger partial charge is 0.507 e. The van der Waals surface area contributed by atoms with Gasteiger partial charge in [-0.15, -0.1) is 0 Å². The number of aromatic hydroxyl groups is 1. The quantitative estimate of drug-likeness (QED) is 0.539. The van der Waals surface area contributed by atoms with Crippen LogP contribution in [-0.2, 0) is 20.1 Å². The number of hydrogen-bond donors (Lipinski definition) is 2. The number of hydrogen-bond acceptors (Lipinski definition) is 5. The molecule has 0 radical (unpaired) electrons. The van der Waals surface area contributed by atoms with Crippen molar-refractivity contribution >= 4 is 27.5 Å². The zero-order chi connectivity index (χ0) is 22.7. The fraction of sp³-hybridized carbons (Fsp3) is 0.304. The van der Waals surface area contributed by atoms with Crippen LogP contribution in [0.3, 0.4) is 0 Å². The standard InChI is InChI=1S/C23H25BrFN5O2/c1-28-19(6-7-27-28)14-26-18-3-4-20(22(31)13-18)23(32)30-10-8-29(9-11-30)15-16-12-17(24)2-5-21(16)25/h2-7,12-13,26,31H,8-11,14-15H2,1H3. The van der Waals surface area contributed by atoms with Gasteiger partial charge in [-0.05, 0) is 36.4 Å². The predicted octanol–water partition coefficient (Wildman–Crippen LogP) is 3.60. The van der Waals surface area contributed by atoms with Crippen molar-refractivity contribution in [1.82, 2.24) is 19.6 Å². The average molecular weight is 502 g/mol. The van der Waals surface area contributed by atoms with Crippen LogP contribution in [0.4, 0.5) is 10.1 Å². The maximum atomic E-state index is 14.0. The second-order valence-electron chi connectivity index (χ2n) is 7.84. The lowest BCUT2D eigenvalue weighted by Crippen LogP contribution is -2.48. The third-order valence-corrected chi connectivity index (χ3v) is 6.18. The molecule has 32 heavy (non-hydrogen) atoms. The first-order chi connectivity index (χ1) is 15.4. The molecule has 1 amide bonds. The molecule has 1 aromatic heterocycles. The second kappa shape index (κ2) is 9.70. The van der Waals surface area contributed by atoms with E-state index in [0.717, 1.165) is 15.9 Å². The Morgan fingerprint density at radius 2 is 1.94 bits per heavy atom. The molecule has 7 nitrogen and oxygen atoms in total. The summed E-state index contributed by atoms with van der Waals surface area (Å²) in [6, 6.07) is 11.8. The molecule has 0 atom stereocenters. The first-order valence-corrected chi connectivity index (χ1v) is 11.2. The molecule has 0 aliphatic carbocycles. The Hall–Kier alpha value is -2.91. The smallest absolute Gasteiger partial charge is 0.257 e. The van der Waals surface area contributed by atoms with Crippen LogP contribution < -0.4 is 5.32 Å². The van der Waals surface area contributed by atoms with Crippen molar-refractivity contribution in [1.29, 1.82) is 0 Å². The van der Waals surface area contributed by atoms with Crippen LogP contribution in [0.1, 0.15) is 21.6 Å². The summed E-state index contributed by atoms with van der Waals surface area (Å²) in [5, 5.41) is 17.8. The molecule has 1 aliphatic heterocycles. The van der Waals surface area contributed by atoms with Crippen LogP contribution in [0.25, 0.3) is 0 Å². The molecule has 1 aliphatic rings. The topological polar surface area (TPSA) is 73.6 Å². The van der Waals surface area contributed by atoms with Crippen molar-refractivity contribution in [3.8, 4) is 5.75 Å². The molecule has 0 bridgehead atoms. The number of aromatic nitrogens is 2. The summed E-state index contributed by atoms with van der Waals surface area (Å²) < 4.78 is 16.7. The van der Waals surface area contributed by atoms with E-state index >= 15 is 0 Å². The van der Waals surface area contributed by atoms with E-state index in [9.17, 15) is 14.3 Å². The molecule has 1 saturated heterocycles. The van der Waals surface area contributed by atoms with E-state index < -0.39 is 0 Å². The number of amides is 1. The van der Waals surface area contributed by atoms with Crippen LogP contribution >= 0.6 is 15.9 Å². The summed E-state index contributed by atoms with van der Waals surface area (Å²) in [4.78, 5) is 16.8. The highest BCUT2D eigenvalue weighted by atomic mass is 79.9. The average Bonchev–Trinajstić information content (AvgIpc) is 3.19. The second-order valence-corrected chi connectivity index (χ2v) is 8.75. The first-order valence-electron chi connectivity index (χ1n) is 10.4. The van der Waals surface area contributed by atoms with Gasteiger partial charge >= 0.3 is 0 Å². The number of phenolic OH excluding ortho intramolecular Hbond substituents is 1. The molecule has 0 unspecified atom stereocenters. The van der Waals surface area contributed by atoms with Crippen LogP contribution in [0, 0.1) is 5.82 Å². The number of halogens is 2. The fourth-order valence-electron chi connectivity index (χ4n) is 3.77. The van der Waals surface area contributed by atoms with Crippen molar-refractivity contribution < 1.29 is 14.3 Å². The van der Waals surface area contributed by atoms with E-state index in [4.69, 9.17) is 0 Å². The lowest BCUT2D eigenvalue weighted by atomic mass is 10.1. The zero-order valence-electron chi connectivity index (χ0n) is 17.8. The molecule has 0 saturated carbocycles. The van der Waals surface area contributed by atoms with E-state index in [0.29, 0.717) is 44.8 Å². The zero-order valence-corrected chi connectivity index (χ0v) is 19.3. The maximum absolute atomic E-state index is 14.0. The summed E-state index contributed by atoms with van der Waals surface area (Å²) >= 11 is 3.38. The molecule has 9 heteroatoms. The number of nitrogens with one attached hydrogen (secondary N) is 1. The highest BCUT2D eigenvalue weighted by Gasteiger charge is 2.24. The molecule has 2 aromatic carbocycles. The van der Waals surface area contributed by atoms with Gasteiger partial charge in [-0.1, -0.05) is 15.9 Å². The van der Waals surface area contributed by atoms with Gasteiger partial charge in [0.2, 0.25) is 0 Å². The third kappa shape index (κ3) is 5.11. The number of rotatable bonds is 6. The Kier molecular flexibility index (Phi) is 6.76. The van der Waals surface area contributed by atoms with Crippen molar-refractivity contribution in [2.24, 2.45) is 7.05 Å². The summed E-state index contributed by atoms with van der Waals surface area (Å²) in [7, 11) is 1.87. The number of aryl methyl sites for hydroxylation is 1. The number of carbonyl (C=O) groups excluding carboxylic acids is 1. The molecule has 168 valence electrons. The highest BCUT2D eigenvalue weighted by molar-refractivity contribution is 9.10. The number of nitrogens with zero attached hydrogens (tertiary/aromatic N) is 4. The van der Waals surface area contributed by atoms with Crippen LogP contribution in [0.2, 0.25) is 0 Å². The Labute approximate surface area is 194 Å². The third-order valence-electron chi connectivity index (χ3n) is 5.69. The molecular formula is C23H25BrFN5O2. The van der Waals surface area contributed by atoms with Crippen LogP contribution in [0.15, 0.2) is 53.1 Å². The Balaban J connectivity index is 1.33. The van der Waals surface area contributed by atoms with Gasteiger partial charge in [-0.3, -0.25) is 14.4 Å². The van der Waals surface area contributed by atoms with Crippen molar-refractivity contribution in [3.63, 3.8) is 0 Å². The van der Waals surface area contributed by atoms with Gasteiger partial charge in [-0.25, -0.2) is 4.39 Å². The minimum atomic E-state index is -0.228. The molecule has 0 spiro atoms. The Morgan fingerprint density at radius 1 is 1.16 bits per heavy atom. The molecule has 4 rings (SSSR count). The van der Waals surface area contributed by atoms with Gasteiger partial charge in [0.05, 0.1) is 17.8 Å². The highest BCUT2D eigenvalue weighted by Crippen LogP contribution is 2.25. The van der Waals surface area contributed by atoms with E-state index in [1.807, 2.05) is 13.1 Å². The normalized spacial score (nSPS) is 14.5. The van der Waals surface area contributed by atoms with Gasteiger partial charge in [0.1, 0.15) is 11.6 Å². The van der Waals surface area contributed by atoms with Gasteiger partial charge < -0.3 is 15.3 Å². The Bertz CT molecular complexity index is 1110. The van der Waals surface area contributed by atoms with Crippen LogP contribution in [-0.4, -0.2) is 56.8 Å². The number of carbonyl (C=O) groups is 1. The predicted molar refractivity (Wildman–Crippen MR) is 124 cm³/mol. The lowest BCUT2D eigenvalue weighted by molar-refractivity contribution is 0.0624. The van der Waals surface area contributed by atoms with Gasteiger partial charge in [0.15, 0.2) is 0 Å². The summed E-state index contributed by atoms with van der Waals surface area (Å²) in [5.74, 6) is -0.480. The van der Waals surface area contributed by atoms with E-state index in [2.05, 4.69) is 31.2 Å². The maximum Gasteiger partial charge on any atom is 0.257 e. The molecule has 2 heterocycles. The molecule has 1 fully saturated rings. The SMILES string of the molecule is Cn1nccc1CNc1ccc(C(=O)N2CCN(Cc3cc(Br)ccc3F)CC2)c(O)c1. The summed E-state index contributed by atoms with van der Waals surface area (Å²) in [6.45, 7) is 3.38. The van der Waals surface area contributed by atoms with Gasteiger partial charge in [0.25, 0.3) is 5.91 Å². The number of piperazine rings is 1. The number of anilines is 1. The van der Waals surface area contributed by atoms with Crippen LogP contribution in [0.5, 0.6) is 5.75 Å². The summed E-state index contributed by atoms with van der Waals surface area (Å²) in [5.41, 5.74) is 2.64. The monoisotopic (exact) mass is 501 g/mol. The Morgan fingerprint density at radius 3 is 2.62 bits per heavy atom. The minimum Gasteiger partial charge on any atom is -0.507 e. The van der Waals surface area contributed by atoms with Crippen molar-refractivity contribution in [3.05, 3.63) is 75.8 Å². The van der Waals surface area contributed by atoms with E-state index in [1.165, 1.54) is 6.07 Å². The van der Waals surface area contributed by atoms with E-state index in [-0.39, 0.29) is 23.0 Å². The molecule has 3 aromatic rings. The van der Waals surface area contributed by atoms with E-state index in [1.54, 1.807) is 46.1 Å². The number of benzene rings is 2.